The highest BCUT2D eigenvalue weighted by Gasteiger charge is 2.62. The molecule has 0 aromatic heterocycles. The van der Waals surface area contributed by atoms with Gasteiger partial charge in [0, 0.05) is 11.8 Å². The van der Waals surface area contributed by atoms with Gasteiger partial charge in [-0.25, -0.2) is 0 Å². The maximum atomic E-state index is 6.14. The molecule has 24 heavy (non-hydrogen) atoms. The summed E-state index contributed by atoms with van der Waals surface area (Å²) in [6, 6.07) is 8.45. The van der Waals surface area contributed by atoms with Crippen LogP contribution in [0.5, 0.6) is 5.75 Å². The zero-order chi connectivity index (χ0) is 16.6. The van der Waals surface area contributed by atoms with Crippen LogP contribution in [0.1, 0.15) is 38.2 Å². The molecule has 0 amide bonds. The van der Waals surface area contributed by atoms with Crippen molar-refractivity contribution in [2.24, 2.45) is 17.3 Å². The lowest BCUT2D eigenvalue weighted by Gasteiger charge is -2.46. The second-order valence-corrected chi connectivity index (χ2v) is 7.70. The average Bonchev–Trinajstić information content (AvgIpc) is 3.20. The Morgan fingerprint density at radius 2 is 2.08 bits per heavy atom. The molecule has 1 aliphatic heterocycles. The first-order chi connectivity index (χ1) is 11.7. The van der Waals surface area contributed by atoms with E-state index < -0.39 is 0 Å². The van der Waals surface area contributed by atoms with Gasteiger partial charge in [0.05, 0.1) is 20.3 Å². The van der Waals surface area contributed by atoms with Gasteiger partial charge in [0.25, 0.3) is 0 Å². The second kappa shape index (κ2) is 6.20. The van der Waals surface area contributed by atoms with Gasteiger partial charge in [-0.3, -0.25) is 0 Å². The molecule has 130 valence electrons. The van der Waals surface area contributed by atoms with E-state index in [0.717, 1.165) is 38.2 Å². The summed E-state index contributed by atoms with van der Waals surface area (Å²) in [4.78, 5) is 0. The van der Waals surface area contributed by atoms with Crippen LogP contribution >= 0.6 is 0 Å². The van der Waals surface area contributed by atoms with Crippen LogP contribution in [-0.2, 0) is 15.9 Å². The molecular weight excluding hydrogens is 300 g/mol. The van der Waals surface area contributed by atoms with E-state index in [1.54, 1.807) is 7.11 Å². The molecule has 1 saturated heterocycles. The van der Waals surface area contributed by atoms with Crippen LogP contribution in [0.4, 0.5) is 0 Å². The fraction of sp³-hybridized carbons (Fsp3) is 0.619. The minimum atomic E-state index is -0.323. The van der Waals surface area contributed by atoms with Crippen molar-refractivity contribution in [1.29, 1.82) is 0 Å². The summed E-state index contributed by atoms with van der Waals surface area (Å²) in [5, 5.41) is 0. The van der Waals surface area contributed by atoms with E-state index in [4.69, 9.17) is 14.2 Å². The Bertz CT molecular complexity index is 617. The van der Waals surface area contributed by atoms with Gasteiger partial charge < -0.3 is 14.2 Å². The number of methoxy groups -OCH3 is 1. The summed E-state index contributed by atoms with van der Waals surface area (Å²) in [6.45, 7) is 3.89. The minimum Gasteiger partial charge on any atom is -0.497 e. The third-order valence-corrected chi connectivity index (χ3v) is 6.57. The van der Waals surface area contributed by atoms with Crippen molar-refractivity contribution in [3.8, 4) is 5.75 Å². The third kappa shape index (κ3) is 2.49. The van der Waals surface area contributed by atoms with E-state index >= 15 is 0 Å². The van der Waals surface area contributed by atoms with Gasteiger partial charge >= 0.3 is 0 Å². The van der Waals surface area contributed by atoms with E-state index in [-0.39, 0.29) is 11.2 Å². The molecule has 0 N–H and O–H groups in total. The Morgan fingerprint density at radius 3 is 2.88 bits per heavy atom. The van der Waals surface area contributed by atoms with Crippen LogP contribution < -0.4 is 4.74 Å². The van der Waals surface area contributed by atoms with Crippen molar-refractivity contribution in [2.45, 2.75) is 44.8 Å². The molecule has 2 aliphatic carbocycles. The molecular formula is C21H28O3. The van der Waals surface area contributed by atoms with Crippen molar-refractivity contribution < 1.29 is 14.2 Å². The summed E-state index contributed by atoms with van der Waals surface area (Å²) in [5.74, 6) is 1.90. The first kappa shape index (κ1) is 16.2. The molecule has 2 fully saturated rings. The first-order valence-electron chi connectivity index (χ1n) is 9.24. The number of rotatable bonds is 4. The van der Waals surface area contributed by atoms with Crippen molar-refractivity contribution in [1.82, 2.24) is 0 Å². The Labute approximate surface area is 145 Å². The van der Waals surface area contributed by atoms with E-state index in [0.29, 0.717) is 11.8 Å². The Balaban J connectivity index is 1.48. The SMILES string of the molecule is COc1cccc(CC[C@@H]2C=CC[C@@]3(C)[C@H]2CCC32OCCO2)c1. The van der Waals surface area contributed by atoms with Crippen LogP contribution in [-0.4, -0.2) is 26.1 Å². The molecule has 3 heteroatoms. The quantitative estimate of drug-likeness (QED) is 0.769. The first-order valence-corrected chi connectivity index (χ1v) is 9.24. The lowest BCUT2D eigenvalue weighted by molar-refractivity contribution is -0.227. The number of hydrogen-bond acceptors (Lipinski definition) is 3. The summed E-state index contributed by atoms with van der Waals surface area (Å²) in [5.41, 5.74) is 1.48. The molecule has 4 rings (SSSR count). The van der Waals surface area contributed by atoms with Gasteiger partial charge in [-0.1, -0.05) is 31.2 Å². The van der Waals surface area contributed by atoms with Gasteiger partial charge in [-0.2, -0.15) is 0 Å². The van der Waals surface area contributed by atoms with Gasteiger partial charge in [0.1, 0.15) is 5.75 Å². The highest BCUT2D eigenvalue weighted by atomic mass is 16.7. The second-order valence-electron chi connectivity index (χ2n) is 7.70. The Morgan fingerprint density at radius 1 is 1.25 bits per heavy atom. The van der Waals surface area contributed by atoms with E-state index in [2.05, 4.69) is 37.3 Å². The molecule has 1 spiro atoms. The number of fused-ring (bicyclic) bond motifs is 2. The lowest BCUT2D eigenvalue weighted by atomic mass is 9.64. The van der Waals surface area contributed by atoms with Crippen LogP contribution in [0.3, 0.4) is 0 Å². The van der Waals surface area contributed by atoms with Crippen LogP contribution in [0.25, 0.3) is 0 Å². The fourth-order valence-electron chi connectivity index (χ4n) is 5.23. The van der Waals surface area contributed by atoms with Crippen LogP contribution in [0, 0.1) is 17.3 Å². The number of benzene rings is 1. The lowest BCUT2D eigenvalue weighted by Crippen LogP contribution is -2.48. The van der Waals surface area contributed by atoms with Crippen molar-refractivity contribution in [3.05, 3.63) is 42.0 Å². The molecule has 3 nitrogen and oxygen atoms in total. The zero-order valence-electron chi connectivity index (χ0n) is 14.8. The van der Waals surface area contributed by atoms with Gasteiger partial charge in [-0.15, -0.1) is 0 Å². The van der Waals surface area contributed by atoms with Crippen molar-refractivity contribution >= 4 is 0 Å². The van der Waals surface area contributed by atoms with Crippen LogP contribution in [0.15, 0.2) is 36.4 Å². The molecule has 0 bridgehead atoms. The fourth-order valence-corrected chi connectivity index (χ4v) is 5.23. The van der Waals surface area contributed by atoms with Gasteiger partial charge in [0.15, 0.2) is 5.79 Å². The summed E-state index contributed by atoms with van der Waals surface area (Å²) >= 11 is 0. The monoisotopic (exact) mass is 328 g/mol. The molecule has 1 saturated carbocycles. The van der Waals surface area contributed by atoms with Gasteiger partial charge in [-0.05, 0) is 55.2 Å². The predicted octanol–water partition coefficient (Wildman–Crippen LogP) is 4.36. The molecule has 1 aromatic carbocycles. The Hall–Kier alpha value is -1.32. The molecule has 0 unspecified atom stereocenters. The summed E-state index contributed by atoms with van der Waals surface area (Å²) < 4.78 is 17.6. The van der Waals surface area contributed by atoms with Gasteiger partial charge in [0.2, 0.25) is 0 Å². The Kier molecular flexibility index (Phi) is 4.17. The van der Waals surface area contributed by atoms with E-state index in [1.807, 2.05) is 6.07 Å². The van der Waals surface area contributed by atoms with E-state index in [1.165, 1.54) is 18.4 Å². The predicted molar refractivity (Wildman–Crippen MR) is 94.0 cm³/mol. The van der Waals surface area contributed by atoms with Crippen molar-refractivity contribution in [3.63, 3.8) is 0 Å². The molecule has 0 radical (unpaired) electrons. The number of aryl methyl sites for hydroxylation is 1. The zero-order valence-corrected chi connectivity index (χ0v) is 14.8. The maximum Gasteiger partial charge on any atom is 0.174 e. The normalized spacial score (nSPS) is 33.8. The number of allylic oxidation sites excluding steroid dienone is 2. The summed E-state index contributed by atoms with van der Waals surface area (Å²) in [7, 11) is 1.73. The maximum absolute atomic E-state index is 6.14. The molecule has 1 aromatic rings. The highest BCUT2D eigenvalue weighted by Crippen LogP contribution is 2.61. The van der Waals surface area contributed by atoms with E-state index in [9.17, 15) is 0 Å². The standard InChI is InChI=1S/C21H28O3/c1-20-11-4-6-17(9-8-16-5-3-7-18(15-16)22-2)19(20)10-12-21(20)23-13-14-24-21/h3-7,15,17,19H,8-14H2,1-2H3/t17-,19-,20-/m0/s1. The average molecular weight is 328 g/mol. The molecule has 3 aliphatic rings. The minimum absolute atomic E-state index is 0.122. The smallest absolute Gasteiger partial charge is 0.174 e. The largest absolute Gasteiger partial charge is 0.497 e. The molecule has 1 heterocycles. The topological polar surface area (TPSA) is 27.7 Å². The number of hydrogen-bond donors (Lipinski definition) is 0. The van der Waals surface area contributed by atoms with Crippen LogP contribution in [0.2, 0.25) is 0 Å². The van der Waals surface area contributed by atoms with Crippen molar-refractivity contribution in [2.75, 3.05) is 20.3 Å². The highest BCUT2D eigenvalue weighted by molar-refractivity contribution is 5.28. The molecule has 3 atom stereocenters. The summed E-state index contributed by atoms with van der Waals surface area (Å²) in [6.07, 6.45) is 10.4. The third-order valence-electron chi connectivity index (χ3n) is 6.57. The number of ether oxygens (including phenoxy) is 3.